The molecule has 0 spiro atoms. The van der Waals surface area contributed by atoms with Gasteiger partial charge < -0.3 is 14.3 Å². The van der Waals surface area contributed by atoms with Crippen LogP contribution in [0.4, 0.5) is 0 Å². The minimum absolute atomic E-state index is 0.0462. The first-order valence-corrected chi connectivity index (χ1v) is 8.02. The molecule has 0 aliphatic heterocycles. The number of carbonyl (C=O) groups is 1. The largest absolute Gasteiger partial charge is 0.465 e. The van der Waals surface area contributed by atoms with Crippen LogP contribution < -0.4 is 0 Å². The van der Waals surface area contributed by atoms with Crippen molar-refractivity contribution in [2.75, 3.05) is 19.7 Å². The fourth-order valence-electron chi connectivity index (χ4n) is 2.33. The molecule has 126 valence electrons. The van der Waals surface area contributed by atoms with Crippen LogP contribution in [0.25, 0.3) is 0 Å². The Labute approximate surface area is 133 Å². The Balaban J connectivity index is 2.47. The molecule has 0 aromatic carbocycles. The molecule has 0 saturated carbocycles. The van der Waals surface area contributed by atoms with Crippen LogP contribution in [-0.2, 0) is 16.1 Å². The van der Waals surface area contributed by atoms with Crippen molar-refractivity contribution >= 4 is 5.97 Å². The smallest absolute Gasteiger partial charge is 0.305 e. The van der Waals surface area contributed by atoms with E-state index >= 15 is 0 Å². The van der Waals surface area contributed by atoms with Gasteiger partial charge in [-0.2, -0.15) is 0 Å². The highest BCUT2D eigenvalue weighted by Gasteiger charge is 2.16. The predicted molar refractivity (Wildman–Crippen MR) is 85.4 cm³/mol. The highest BCUT2D eigenvalue weighted by atomic mass is 16.5. The lowest BCUT2D eigenvalue weighted by Gasteiger charge is -2.25. The third-order valence-electron chi connectivity index (χ3n) is 3.16. The maximum atomic E-state index is 11.3. The molecule has 1 aromatic heterocycles. The van der Waals surface area contributed by atoms with Gasteiger partial charge in [-0.15, -0.1) is 0 Å². The molecule has 1 heterocycles. The van der Waals surface area contributed by atoms with Gasteiger partial charge >= 0.3 is 5.97 Å². The van der Waals surface area contributed by atoms with Gasteiger partial charge in [0.05, 0.1) is 6.54 Å². The minimum atomic E-state index is -0.685. The van der Waals surface area contributed by atoms with Crippen LogP contribution in [0.2, 0.25) is 0 Å². The fourth-order valence-corrected chi connectivity index (χ4v) is 2.33. The molecule has 1 unspecified atom stereocenters. The van der Waals surface area contributed by atoms with Gasteiger partial charge in [0.15, 0.2) is 0 Å². The summed E-state index contributed by atoms with van der Waals surface area (Å²) in [4.78, 5) is 13.5. The van der Waals surface area contributed by atoms with E-state index in [1.54, 1.807) is 0 Å². The summed E-state index contributed by atoms with van der Waals surface area (Å²) in [6, 6.07) is 3.89. The fraction of sp³-hybridized carbons (Fsp3) is 0.706. The second-order valence-corrected chi connectivity index (χ2v) is 6.19. The topological polar surface area (TPSA) is 62.9 Å². The number of carbonyl (C=O) groups excluding carboxylic acids is 1. The van der Waals surface area contributed by atoms with E-state index in [2.05, 4.69) is 18.7 Å². The zero-order chi connectivity index (χ0) is 16.5. The molecule has 0 amide bonds. The molecule has 0 bridgehead atoms. The van der Waals surface area contributed by atoms with Gasteiger partial charge in [0.2, 0.25) is 0 Å². The Bertz CT molecular complexity index is 442. The van der Waals surface area contributed by atoms with Gasteiger partial charge in [0, 0.05) is 19.5 Å². The number of nitrogens with zero attached hydrogens (tertiary/aromatic N) is 1. The Morgan fingerprint density at radius 1 is 1.36 bits per heavy atom. The second-order valence-electron chi connectivity index (χ2n) is 6.19. The number of esters is 1. The summed E-state index contributed by atoms with van der Waals surface area (Å²) in [7, 11) is 0. The van der Waals surface area contributed by atoms with E-state index in [9.17, 15) is 9.90 Å². The molecule has 1 aromatic rings. The molecule has 1 rings (SSSR count). The van der Waals surface area contributed by atoms with Crippen molar-refractivity contribution in [3.8, 4) is 0 Å². The van der Waals surface area contributed by atoms with Crippen LogP contribution in [-0.4, -0.2) is 41.8 Å². The Kier molecular flexibility index (Phi) is 8.20. The average molecular weight is 311 g/mol. The van der Waals surface area contributed by atoms with Gasteiger partial charge in [-0.3, -0.25) is 9.69 Å². The zero-order valence-electron chi connectivity index (χ0n) is 14.2. The van der Waals surface area contributed by atoms with E-state index in [1.165, 1.54) is 0 Å². The number of hydrogen-bond acceptors (Lipinski definition) is 5. The SMILES string of the molecule is CCCC(=O)OCC(O)CN(Cc1ccc(C)o1)CC(C)C. The van der Waals surface area contributed by atoms with Crippen molar-refractivity contribution in [3.05, 3.63) is 23.7 Å². The van der Waals surface area contributed by atoms with Crippen molar-refractivity contribution < 1.29 is 19.1 Å². The Morgan fingerprint density at radius 2 is 2.09 bits per heavy atom. The van der Waals surface area contributed by atoms with E-state index in [0.717, 1.165) is 24.5 Å². The molecule has 1 atom stereocenters. The molecule has 5 heteroatoms. The zero-order valence-corrected chi connectivity index (χ0v) is 14.2. The molecule has 0 aliphatic carbocycles. The number of hydrogen-bond donors (Lipinski definition) is 1. The molecular formula is C17H29NO4. The first-order valence-electron chi connectivity index (χ1n) is 8.02. The molecular weight excluding hydrogens is 282 g/mol. The van der Waals surface area contributed by atoms with Crippen molar-refractivity contribution in [2.24, 2.45) is 5.92 Å². The maximum Gasteiger partial charge on any atom is 0.305 e. The van der Waals surface area contributed by atoms with Crippen LogP contribution in [0.1, 0.15) is 45.1 Å². The van der Waals surface area contributed by atoms with Crippen LogP contribution in [0.3, 0.4) is 0 Å². The molecule has 0 aliphatic rings. The molecule has 22 heavy (non-hydrogen) atoms. The van der Waals surface area contributed by atoms with Crippen molar-refractivity contribution in [3.63, 3.8) is 0 Å². The van der Waals surface area contributed by atoms with E-state index in [4.69, 9.17) is 9.15 Å². The first-order chi connectivity index (χ1) is 10.4. The number of aliphatic hydroxyl groups is 1. The number of aryl methyl sites for hydroxylation is 1. The molecule has 0 fully saturated rings. The summed E-state index contributed by atoms with van der Waals surface area (Å²) in [6.07, 6.45) is 0.469. The van der Waals surface area contributed by atoms with Gasteiger partial charge in [-0.05, 0) is 31.4 Å². The lowest BCUT2D eigenvalue weighted by atomic mass is 10.2. The first kappa shape index (κ1) is 18.7. The number of rotatable bonds is 10. The monoisotopic (exact) mass is 311 g/mol. The lowest BCUT2D eigenvalue weighted by molar-refractivity contribution is -0.147. The third kappa shape index (κ3) is 7.61. The summed E-state index contributed by atoms with van der Waals surface area (Å²) < 4.78 is 10.7. The summed E-state index contributed by atoms with van der Waals surface area (Å²) in [5, 5.41) is 10.1. The van der Waals surface area contributed by atoms with E-state index in [0.29, 0.717) is 25.4 Å². The Hall–Kier alpha value is -1.33. The van der Waals surface area contributed by atoms with Crippen molar-refractivity contribution in [1.82, 2.24) is 4.90 Å². The highest BCUT2D eigenvalue weighted by molar-refractivity contribution is 5.69. The molecule has 0 radical (unpaired) electrons. The molecule has 0 saturated heterocycles. The van der Waals surface area contributed by atoms with E-state index in [-0.39, 0.29) is 12.6 Å². The summed E-state index contributed by atoms with van der Waals surface area (Å²) in [5.41, 5.74) is 0. The molecule has 1 N–H and O–H groups in total. The number of aliphatic hydroxyl groups excluding tert-OH is 1. The summed E-state index contributed by atoms with van der Waals surface area (Å²) in [5.74, 6) is 1.99. The Morgan fingerprint density at radius 3 is 2.64 bits per heavy atom. The number of ether oxygens (including phenoxy) is 1. The highest BCUT2D eigenvalue weighted by Crippen LogP contribution is 2.12. The predicted octanol–water partition coefficient (Wildman–Crippen LogP) is 2.75. The molecule has 5 nitrogen and oxygen atoms in total. The normalized spacial score (nSPS) is 12.9. The maximum absolute atomic E-state index is 11.3. The third-order valence-corrected chi connectivity index (χ3v) is 3.16. The quantitative estimate of drug-likeness (QED) is 0.673. The van der Waals surface area contributed by atoms with Crippen molar-refractivity contribution in [2.45, 2.75) is 53.2 Å². The lowest BCUT2D eigenvalue weighted by Crippen LogP contribution is -2.37. The summed E-state index contributed by atoms with van der Waals surface area (Å²) in [6.45, 7) is 10.1. The standard InChI is InChI=1S/C17H29NO4/c1-5-6-17(20)21-12-15(19)10-18(9-13(2)3)11-16-8-7-14(4)22-16/h7-8,13,15,19H,5-6,9-12H2,1-4H3. The van der Waals surface area contributed by atoms with Crippen LogP contribution in [0, 0.1) is 12.8 Å². The van der Waals surface area contributed by atoms with Crippen LogP contribution in [0.5, 0.6) is 0 Å². The van der Waals surface area contributed by atoms with Gasteiger partial charge in [0.1, 0.15) is 24.2 Å². The second kappa shape index (κ2) is 9.64. The minimum Gasteiger partial charge on any atom is -0.465 e. The summed E-state index contributed by atoms with van der Waals surface area (Å²) >= 11 is 0. The van der Waals surface area contributed by atoms with E-state index in [1.807, 2.05) is 26.0 Å². The number of furan rings is 1. The van der Waals surface area contributed by atoms with Crippen LogP contribution in [0.15, 0.2) is 16.5 Å². The van der Waals surface area contributed by atoms with Crippen molar-refractivity contribution in [1.29, 1.82) is 0 Å². The van der Waals surface area contributed by atoms with Crippen LogP contribution >= 0.6 is 0 Å². The van der Waals surface area contributed by atoms with Gasteiger partial charge in [-0.25, -0.2) is 0 Å². The van der Waals surface area contributed by atoms with Gasteiger partial charge in [0.25, 0.3) is 0 Å². The van der Waals surface area contributed by atoms with E-state index < -0.39 is 6.10 Å². The average Bonchev–Trinajstić information content (AvgIpc) is 2.81. The van der Waals surface area contributed by atoms with Gasteiger partial charge in [-0.1, -0.05) is 20.8 Å².